The zero-order chi connectivity index (χ0) is 23.1. The van der Waals surface area contributed by atoms with E-state index in [1.807, 2.05) is 36.4 Å². The Bertz CT molecular complexity index is 1020. The summed E-state index contributed by atoms with van der Waals surface area (Å²) in [6.07, 6.45) is 1.22. The number of carbonyl (C=O) groups excluding carboxylic acids is 2. The maximum absolute atomic E-state index is 13.3. The second kappa shape index (κ2) is 10.7. The Morgan fingerprint density at radius 3 is 2.16 bits per heavy atom. The van der Waals surface area contributed by atoms with Gasteiger partial charge in [0.15, 0.2) is 0 Å². The molecule has 1 aliphatic rings. The average molecular weight is 437 g/mol. The minimum absolute atomic E-state index is 0.0303. The molecule has 2 aromatic rings. The predicted molar refractivity (Wildman–Crippen MR) is 119 cm³/mol. The van der Waals surface area contributed by atoms with Gasteiger partial charge >= 0.3 is 11.9 Å². The van der Waals surface area contributed by atoms with Crippen molar-refractivity contribution in [3.8, 4) is 0 Å². The highest BCUT2D eigenvalue weighted by atomic mass is 16.6. The van der Waals surface area contributed by atoms with E-state index < -0.39 is 24.0 Å². The molecule has 0 saturated heterocycles. The molecule has 0 radical (unpaired) electrons. The van der Waals surface area contributed by atoms with Gasteiger partial charge in [-0.3, -0.25) is 4.98 Å². The second-order valence-electron chi connectivity index (χ2n) is 7.34. The number of aromatic nitrogens is 1. The number of hydrogen-bond acceptors (Lipinski definition) is 7. The summed E-state index contributed by atoms with van der Waals surface area (Å²) >= 11 is 0. The third kappa shape index (κ3) is 5.06. The average Bonchev–Trinajstić information content (AvgIpc) is 2.80. The molecule has 0 aliphatic carbocycles. The molecule has 2 heterocycles. The van der Waals surface area contributed by atoms with Crippen LogP contribution in [0.3, 0.4) is 0 Å². The van der Waals surface area contributed by atoms with Gasteiger partial charge in [-0.2, -0.15) is 0 Å². The topological polar surface area (TPSA) is 86.8 Å². The Morgan fingerprint density at radius 1 is 0.969 bits per heavy atom. The normalized spacial score (nSPS) is 16.9. The molecule has 1 aromatic heterocycles. The number of allylic oxidation sites excluding steroid dienone is 2. The van der Waals surface area contributed by atoms with E-state index in [9.17, 15) is 9.59 Å². The van der Waals surface area contributed by atoms with Crippen LogP contribution in [0.15, 0.2) is 77.3 Å². The van der Waals surface area contributed by atoms with Crippen molar-refractivity contribution in [3.05, 3.63) is 88.5 Å². The lowest BCUT2D eigenvalue weighted by molar-refractivity contribution is -0.143. The van der Waals surface area contributed by atoms with Crippen molar-refractivity contribution in [1.29, 1.82) is 0 Å². The van der Waals surface area contributed by atoms with Gasteiger partial charge in [0, 0.05) is 24.7 Å². The van der Waals surface area contributed by atoms with Gasteiger partial charge in [-0.1, -0.05) is 36.4 Å². The van der Waals surface area contributed by atoms with Gasteiger partial charge in [0.25, 0.3) is 0 Å². The number of methoxy groups -OCH3 is 1. The van der Waals surface area contributed by atoms with Crippen molar-refractivity contribution in [2.75, 3.05) is 20.3 Å². The number of nitrogens with one attached hydrogen (secondary N) is 1. The lowest BCUT2D eigenvalue weighted by Crippen LogP contribution is -2.33. The number of pyridine rings is 1. The predicted octanol–water partition coefficient (Wildman–Crippen LogP) is 3.81. The van der Waals surface area contributed by atoms with Crippen molar-refractivity contribution in [1.82, 2.24) is 10.3 Å². The number of esters is 2. The smallest absolute Gasteiger partial charge is 0.336 e. The lowest BCUT2D eigenvalue weighted by atomic mass is 9.82. The van der Waals surface area contributed by atoms with Crippen LogP contribution >= 0.6 is 0 Å². The van der Waals surface area contributed by atoms with E-state index in [2.05, 4.69) is 10.3 Å². The molecular weight excluding hydrogens is 408 g/mol. The number of nitrogens with zero attached hydrogens (tertiary/aromatic N) is 1. The Hall–Kier alpha value is -3.45. The fourth-order valence-corrected chi connectivity index (χ4v) is 3.78. The molecule has 0 bridgehead atoms. The Kier molecular flexibility index (Phi) is 7.78. The van der Waals surface area contributed by atoms with Gasteiger partial charge in [-0.25, -0.2) is 9.59 Å². The summed E-state index contributed by atoms with van der Waals surface area (Å²) < 4.78 is 16.5. The first-order chi connectivity index (χ1) is 15.5. The number of dihydropyridines is 1. The summed E-state index contributed by atoms with van der Waals surface area (Å²) in [5.41, 5.74) is 3.35. The maximum atomic E-state index is 13.3. The maximum Gasteiger partial charge on any atom is 0.336 e. The third-order valence-electron chi connectivity index (χ3n) is 5.28. The highest BCUT2D eigenvalue weighted by molar-refractivity contribution is 5.99. The molecule has 2 atom stereocenters. The molecule has 0 saturated carbocycles. The molecule has 32 heavy (non-hydrogen) atoms. The zero-order valence-corrected chi connectivity index (χ0v) is 18.8. The molecule has 0 spiro atoms. The van der Waals surface area contributed by atoms with Gasteiger partial charge in [0.2, 0.25) is 0 Å². The molecule has 168 valence electrons. The second-order valence-corrected chi connectivity index (χ2v) is 7.34. The Morgan fingerprint density at radius 2 is 1.59 bits per heavy atom. The lowest BCUT2D eigenvalue weighted by Gasteiger charge is -2.30. The first-order valence-corrected chi connectivity index (χ1v) is 10.5. The molecular formula is C25H28N2O5. The molecule has 7 nitrogen and oxygen atoms in total. The van der Waals surface area contributed by atoms with Crippen molar-refractivity contribution < 1.29 is 23.8 Å². The number of hydrogen-bond donors (Lipinski definition) is 1. The SMILES string of the molecule is CCOC(=O)C1=C(C)NC(C)=C(C(=O)OCC(OC)c2ccccc2)C1c1ccccn1. The molecule has 0 amide bonds. The van der Waals surface area contributed by atoms with Gasteiger partial charge in [0.1, 0.15) is 12.7 Å². The van der Waals surface area contributed by atoms with E-state index in [4.69, 9.17) is 14.2 Å². The van der Waals surface area contributed by atoms with E-state index in [1.54, 1.807) is 46.2 Å². The van der Waals surface area contributed by atoms with E-state index in [0.717, 1.165) is 5.56 Å². The van der Waals surface area contributed by atoms with E-state index in [1.165, 1.54) is 0 Å². The minimum atomic E-state index is -0.707. The van der Waals surface area contributed by atoms with Crippen LogP contribution < -0.4 is 5.32 Å². The van der Waals surface area contributed by atoms with E-state index >= 15 is 0 Å². The molecule has 2 unspecified atom stereocenters. The summed E-state index contributed by atoms with van der Waals surface area (Å²) in [4.78, 5) is 30.5. The monoisotopic (exact) mass is 436 g/mol. The van der Waals surface area contributed by atoms with Gasteiger partial charge < -0.3 is 19.5 Å². The van der Waals surface area contributed by atoms with Crippen LogP contribution in [0, 0.1) is 0 Å². The molecule has 0 fully saturated rings. The molecule has 1 aliphatic heterocycles. The molecule has 1 N–H and O–H groups in total. The van der Waals surface area contributed by atoms with Crippen LogP contribution in [-0.2, 0) is 23.8 Å². The van der Waals surface area contributed by atoms with Crippen LogP contribution in [0.2, 0.25) is 0 Å². The van der Waals surface area contributed by atoms with E-state index in [-0.39, 0.29) is 13.2 Å². The fraction of sp³-hybridized carbons (Fsp3) is 0.320. The first kappa shape index (κ1) is 23.2. The van der Waals surface area contributed by atoms with Crippen molar-refractivity contribution >= 4 is 11.9 Å². The number of ether oxygens (including phenoxy) is 3. The van der Waals surface area contributed by atoms with Gasteiger partial charge in [0.05, 0.1) is 29.4 Å². The highest BCUT2D eigenvalue weighted by Crippen LogP contribution is 2.38. The van der Waals surface area contributed by atoms with Crippen LogP contribution in [0.4, 0.5) is 0 Å². The standard InChI is InChI=1S/C25H28N2O5/c1-5-31-24(28)21-16(2)27-17(3)22(23(21)19-13-9-10-14-26-19)25(29)32-15-20(30-4)18-11-7-6-8-12-18/h6-14,20,23,27H,5,15H2,1-4H3. The molecule has 7 heteroatoms. The van der Waals surface area contributed by atoms with Gasteiger partial charge in [-0.05, 0) is 38.5 Å². The summed E-state index contributed by atoms with van der Waals surface area (Å²) in [7, 11) is 1.57. The number of benzene rings is 1. The summed E-state index contributed by atoms with van der Waals surface area (Å²) in [6.45, 7) is 5.56. The summed E-state index contributed by atoms with van der Waals surface area (Å²) in [5.74, 6) is -1.75. The Balaban J connectivity index is 1.92. The largest absolute Gasteiger partial charge is 0.463 e. The Labute approximate surface area is 188 Å². The third-order valence-corrected chi connectivity index (χ3v) is 5.28. The van der Waals surface area contributed by atoms with Crippen LogP contribution in [-0.4, -0.2) is 37.2 Å². The van der Waals surface area contributed by atoms with Crippen molar-refractivity contribution in [2.45, 2.75) is 32.8 Å². The minimum Gasteiger partial charge on any atom is -0.463 e. The van der Waals surface area contributed by atoms with Crippen LogP contribution in [0.25, 0.3) is 0 Å². The number of rotatable bonds is 8. The van der Waals surface area contributed by atoms with Crippen LogP contribution in [0.1, 0.15) is 44.1 Å². The zero-order valence-electron chi connectivity index (χ0n) is 18.8. The van der Waals surface area contributed by atoms with Crippen LogP contribution in [0.5, 0.6) is 0 Å². The van der Waals surface area contributed by atoms with Crippen molar-refractivity contribution in [3.63, 3.8) is 0 Å². The summed E-state index contributed by atoms with van der Waals surface area (Å²) in [6, 6.07) is 14.9. The fourth-order valence-electron chi connectivity index (χ4n) is 3.78. The molecule has 3 rings (SSSR count). The first-order valence-electron chi connectivity index (χ1n) is 10.5. The highest BCUT2D eigenvalue weighted by Gasteiger charge is 2.38. The summed E-state index contributed by atoms with van der Waals surface area (Å²) in [5, 5.41) is 3.13. The quantitative estimate of drug-likeness (QED) is 0.630. The van der Waals surface area contributed by atoms with Gasteiger partial charge in [-0.15, -0.1) is 0 Å². The van der Waals surface area contributed by atoms with Crippen molar-refractivity contribution in [2.24, 2.45) is 0 Å². The number of carbonyl (C=O) groups is 2. The molecule has 1 aromatic carbocycles. The van der Waals surface area contributed by atoms with E-state index in [0.29, 0.717) is 28.2 Å².